The van der Waals surface area contributed by atoms with Crippen molar-refractivity contribution in [1.29, 1.82) is 0 Å². The van der Waals surface area contributed by atoms with Gasteiger partial charge in [0.2, 0.25) is 12.7 Å². The highest BCUT2D eigenvalue weighted by atomic mass is 16.7. The van der Waals surface area contributed by atoms with Gasteiger partial charge in [0.05, 0.1) is 11.3 Å². The standard InChI is InChI=1S/C24H21N3O5/c28-22(12-13-25-23(29)16-6-2-1-3-7-16)27-19-9-5-4-8-18(19)24(30)26-17-10-11-20-21(14-17)32-15-31-20/h1-11,14H,12-13,15H2,(H,25,29)(H,26,30)(H,27,28). The lowest BCUT2D eigenvalue weighted by Crippen LogP contribution is -2.28. The molecular weight excluding hydrogens is 410 g/mol. The molecular formula is C24H21N3O5. The number of fused-ring (bicyclic) bond motifs is 1. The number of carbonyl (C=O) groups excluding carboxylic acids is 3. The predicted octanol–water partition coefficient (Wildman–Crippen LogP) is 3.43. The molecule has 3 aromatic carbocycles. The Bertz CT molecular complexity index is 1150. The quantitative estimate of drug-likeness (QED) is 0.532. The van der Waals surface area contributed by atoms with Gasteiger partial charge in [-0.25, -0.2) is 0 Å². The lowest BCUT2D eigenvalue weighted by atomic mass is 10.1. The van der Waals surface area contributed by atoms with Crippen LogP contribution in [0.4, 0.5) is 11.4 Å². The molecule has 1 aliphatic rings. The highest BCUT2D eigenvalue weighted by Crippen LogP contribution is 2.34. The number of benzene rings is 3. The van der Waals surface area contributed by atoms with Crippen LogP contribution in [0.15, 0.2) is 72.8 Å². The first-order chi connectivity index (χ1) is 15.6. The zero-order valence-electron chi connectivity index (χ0n) is 17.1. The van der Waals surface area contributed by atoms with Crippen molar-refractivity contribution >= 4 is 29.1 Å². The minimum atomic E-state index is -0.378. The minimum absolute atomic E-state index is 0.0662. The summed E-state index contributed by atoms with van der Waals surface area (Å²) in [7, 11) is 0. The van der Waals surface area contributed by atoms with Gasteiger partial charge in [0, 0.05) is 30.3 Å². The summed E-state index contributed by atoms with van der Waals surface area (Å²) in [5.74, 6) is 0.234. The van der Waals surface area contributed by atoms with E-state index in [1.807, 2.05) is 6.07 Å². The summed E-state index contributed by atoms with van der Waals surface area (Å²) in [4.78, 5) is 37.2. The third kappa shape index (κ3) is 5.04. The number of para-hydroxylation sites is 1. The molecule has 0 bridgehead atoms. The molecule has 3 N–H and O–H groups in total. The molecule has 0 unspecified atom stereocenters. The van der Waals surface area contributed by atoms with Crippen molar-refractivity contribution in [2.24, 2.45) is 0 Å². The Labute approximate surface area is 184 Å². The van der Waals surface area contributed by atoms with Crippen molar-refractivity contribution in [1.82, 2.24) is 5.32 Å². The molecule has 3 aromatic rings. The molecule has 162 valence electrons. The molecule has 32 heavy (non-hydrogen) atoms. The van der Waals surface area contributed by atoms with Crippen molar-refractivity contribution in [3.05, 3.63) is 83.9 Å². The van der Waals surface area contributed by atoms with Crippen LogP contribution in [0.3, 0.4) is 0 Å². The molecule has 0 saturated carbocycles. The van der Waals surface area contributed by atoms with Crippen molar-refractivity contribution in [2.75, 3.05) is 24.0 Å². The van der Waals surface area contributed by atoms with Crippen molar-refractivity contribution in [3.8, 4) is 11.5 Å². The lowest BCUT2D eigenvalue weighted by Gasteiger charge is -2.12. The Kier molecular flexibility index (Phi) is 6.31. The van der Waals surface area contributed by atoms with E-state index in [0.29, 0.717) is 34.0 Å². The van der Waals surface area contributed by atoms with Gasteiger partial charge in [0.15, 0.2) is 11.5 Å². The molecule has 0 atom stereocenters. The summed E-state index contributed by atoms with van der Waals surface area (Å²) in [6, 6.07) is 20.6. The van der Waals surface area contributed by atoms with E-state index in [0.717, 1.165) is 0 Å². The van der Waals surface area contributed by atoms with Gasteiger partial charge in [0.25, 0.3) is 11.8 Å². The van der Waals surface area contributed by atoms with Crippen LogP contribution in [-0.2, 0) is 4.79 Å². The smallest absolute Gasteiger partial charge is 0.257 e. The number of nitrogens with one attached hydrogen (secondary N) is 3. The first-order valence-corrected chi connectivity index (χ1v) is 10.0. The third-order valence-corrected chi connectivity index (χ3v) is 4.75. The van der Waals surface area contributed by atoms with E-state index in [2.05, 4.69) is 16.0 Å². The van der Waals surface area contributed by atoms with E-state index < -0.39 is 0 Å². The van der Waals surface area contributed by atoms with E-state index in [4.69, 9.17) is 9.47 Å². The normalized spacial score (nSPS) is 11.5. The topological polar surface area (TPSA) is 106 Å². The molecule has 4 rings (SSSR count). The van der Waals surface area contributed by atoms with E-state index in [1.54, 1.807) is 66.7 Å². The number of amides is 3. The van der Waals surface area contributed by atoms with E-state index in [9.17, 15) is 14.4 Å². The van der Waals surface area contributed by atoms with E-state index in [-0.39, 0.29) is 37.5 Å². The van der Waals surface area contributed by atoms with Crippen LogP contribution in [0.2, 0.25) is 0 Å². The Morgan fingerprint density at radius 3 is 2.38 bits per heavy atom. The molecule has 0 fully saturated rings. The molecule has 1 aliphatic heterocycles. The van der Waals surface area contributed by atoms with Gasteiger partial charge in [0.1, 0.15) is 0 Å². The zero-order valence-corrected chi connectivity index (χ0v) is 17.1. The van der Waals surface area contributed by atoms with Gasteiger partial charge in [-0.2, -0.15) is 0 Å². The first kappa shape index (κ1) is 20.9. The molecule has 0 saturated heterocycles. The largest absolute Gasteiger partial charge is 0.454 e. The van der Waals surface area contributed by atoms with Gasteiger partial charge >= 0.3 is 0 Å². The van der Waals surface area contributed by atoms with E-state index in [1.165, 1.54) is 0 Å². The van der Waals surface area contributed by atoms with Gasteiger partial charge in [-0.05, 0) is 36.4 Å². The maximum absolute atomic E-state index is 12.8. The van der Waals surface area contributed by atoms with Crippen LogP contribution in [0.25, 0.3) is 0 Å². The van der Waals surface area contributed by atoms with Crippen LogP contribution >= 0.6 is 0 Å². The minimum Gasteiger partial charge on any atom is -0.454 e. The number of ether oxygens (including phenoxy) is 2. The molecule has 3 amide bonds. The van der Waals surface area contributed by atoms with Crippen molar-refractivity contribution in [3.63, 3.8) is 0 Å². The van der Waals surface area contributed by atoms with Crippen LogP contribution in [0, 0.1) is 0 Å². The average Bonchev–Trinajstić information content (AvgIpc) is 3.28. The molecule has 0 aliphatic carbocycles. The number of hydrogen-bond donors (Lipinski definition) is 3. The van der Waals surface area contributed by atoms with Crippen molar-refractivity contribution in [2.45, 2.75) is 6.42 Å². The summed E-state index contributed by atoms with van der Waals surface area (Å²) in [5.41, 5.74) is 1.76. The average molecular weight is 431 g/mol. The van der Waals surface area contributed by atoms with Crippen LogP contribution in [-0.4, -0.2) is 31.1 Å². The second-order valence-corrected chi connectivity index (χ2v) is 6.99. The monoisotopic (exact) mass is 431 g/mol. The van der Waals surface area contributed by atoms with E-state index >= 15 is 0 Å². The fourth-order valence-corrected chi connectivity index (χ4v) is 3.16. The Morgan fingerprint density at radius 2 is 1.53 bits per heavy atom. The van der Waals surface area contributed by atoms with Crippen LogP contribution in [0.1, 0.15) is 27.1 Å². The lowest BCUT2D eigenvalue weighted by molar-refractivity contribution is -0.116. The molecule has 1 heterocycles. The van der Waals surface area contributed by atoms with Crippen LogP contribution < -0.4 is 25.4 Å². The summed E-state index contributed by atoms with van der Waals surface area (Å²) in [6.45, 7) is 0.318. The number of anilines is 2. The Balaban J connectivity index is 1.34. The number of hydrogen-bond acceptors (Lipinski definition) is 5. The zero-order chi connectivity index (χ0) is 22.3. The summed E-state index contributed by atoms with van der Waals surface area (Å²) < 4.78 is 10.6. The second-order valence-electron chi connectivity index (χ2n) is 6.99. The molecule has 0 aromatic heterocycles. The fourth-order valence-electron chi connectivity index (χ4n) is 3.16. The third-order valence-electron chi connectivity index (χ3n) is 4.75. The maximum Gasteiger partial charge on any atom is 0.257 e. The predicted molar refractivity (Wildman–Crippen MR) is 119 cm³/mol. The van der Waals surface area contributed by atoms with Gasteiger partial charge in [-0.15, -0.1) is 0 Å². The first-order valence-electron chi connectivity index (χ1n) is 10.0. The summed E-state index contributed by atoms with van der Waals surface area (Å²) in [6.07, 6.45) is 0.0662. The van der Waals surface area contributed by atoms with Crippen LogP contribution in [0.5, 0.6) is 11.5 Å². The Morgan fingerprint density at radius 1 is 0.781 bits per heavy atom. The highest BCUT2D eigenvalue weighted by molar-refractivity contribution is 6.10. The maximum atomic E-state index is 12.8. The Hall–Kier alpha value is -4.33. The fraction of sp³-hybridized carbons (Fsp3) is 0.125. The highest BCUT2D eigenvalue weighted by Gasteiger charge is 2.17. The van der Waals surface area contributed by atoms with Gasteiger partial charge in [-0.1, -0.05) is 30.3 Å². The van der Waals surface area contributed by atoms with Crippen molar-refractivity contribution < 1.29 is 23.9 Å². The molecule has 0 spiro atoms. The summed E-state index contributed by atoms with van der Waals surface area (Å²) in [5, 5.41) is 8.24. The summed E-state index contributed by atoms with van der Waals surface area (Å²) >= 11 is 0. The SMILES string of the molecule is O=C(CCNC(=O)c1ccccc1)Nc1ccccc1C(=O)Nc1ccc2c(c1)OCO2. The second kappa shape index (κ2) is 9.65. The molecule has 0 radical (unpaired) electrons. The van der Waals surface area contributed by atoms with Gasteiger partial charge in [-0.3, -0.25) is 14.4 Å². The number of rotatable bonds is 7. The van der Waals surface area contributed by atoms with Gasteiger partial charge < -0.3 is 25.4 Å². The molecule has 8 nitrogen and oxygen atoms in total. The molecule has 8 heteroatoms. The number of carbonyl (C=O) groups is 3.